The van der Waals surface area contributed by atoms with Crippen LogP contribution in [0.3, 0.4) is 0 Å². The van der Waals surface area contributed by atoms with Gasteiger partial charge in [-0.15, -0.1) is 0 Å². The molecule has 1 unspecified atom stereocenters. The summed E-state index contributed by atoms with van der Waals surface area (Å²) >= 11 is 0. The maximum Gasteiger partial charge on any atom is 0.153 e. The lowest BCUT2D eigenvalue weighted by Crippen LogP contribution is -2.33. The van der Waals surface area contributed by atoms with Crippen molar-refractivity contribution in [2.45, 2.75) is 31.8 Å². The molecule has 2 aliphatic heterocycles. The highest BCUT2D eigenvalue weighted by molar-refractivity contribution is 7.91. The number of sulfone groups is 1. The summed E-state index contributed by atoms with van der Waals surface area (Å²) in [6.07, 6.45) is 3.59. The van der Waals surface area contributed by atoms with Crippen molar-refractivity contribution in [3.05, 3.63) is 23.8 Å². The zero-order valence-corrected chi connectivity index (χ0v) is 11.7. The molecule has 0 saturated carbocycles. The largest absolute Gasteiger partial charge is 0.489 e. The Kier molecular flexibility index (Phi) is 3.39. The third-order valence-electron chi connectivity index (χ3n) is 3.74. The summed E-state index contributed by atoms with van der Waals surface area (Å²) in [7, 11) is -2.91. The second-order valence-corrected chi connectivity index (χ2v) is 7.57. The lowest BCUT2D eigenvalue weighted by molar-refractivity contribution is 0.207. The zero-order valence-electron chi connectivity index (χ0n) is 10.9. The second-order valence-electron chi connectivity index (χ2n) is 5.35. The molecule has 3 rings (SSSR count). The minimum Gasteiger partial charge on any atom is -0.489 e. The van der Waals surface area contributed by atoms with Gasteiger partial charge in [0.25, 0.3) is 0 Å². The topological polar surface area (TPSA) is 55.4 Å². The smallest absolute Gasteiger partial charge is 0.153 e. The number of anilines is 1. The minimum atomic E-state index is -2.91. The summed E-state index contributed by atoms with van der Waals surface area (Å²) in [6.45, 7) is 0.994. The van der Waals surface area contributed by atoms with Gasteiger partial charge in [0.1, 0.15) is 11.9 Å². The number of hydrogen-bond acceptors (Lipinski definition) is 4. The lowest BCUT2D eigenvalue weighted by atomic mass is 10.0. The van der Waals surface area contributed by atoms with Gasteiger partial charge in [0.15, 0.2) is 9.84 Å². The molecule has 0 radical (unpaired) electrons. The maximum atomic E-state index is 11.6. The summed E-state index contributed by atoms with van der Waals surface area (Å²) < 4.78 is 29.0. The van der Waals surface area contributed by atoms with Crippen LogP contribution in [0.25, 0.3) is 0 Å². The molecule has 1 aromatic rings. The fourth-order valence-electron chi connectivity index (χ4n) is 2.78. The van der Waals surface area contributed by atoms with E-state index in [1.807, 2.05) is 12.1 Å². The van der Waals surface area contributed by atoms with Gasteiger partial charge in [-0.1, -0.05) is 6.07 Å². The minimum absolute atomic E-state index is 0.150. The van der Waals surface area contributed by atoms with E-state index in [0.29, 0.717) is 12.2 Å². The van der Waals surface area contributed by atoms with Gasteiger partial charge in [-0.2, -0.15) is 0 Å². The number of hydrogen-bond donors (Lipinski definition) is 1. The first kappa shape index (κ1) is 12.8. The van der Waals surface area contributed by atoms with Crippen LogP contribution in [-0.2, 0) is 16.3 Å². The lowest BCUT2D eigenvalue weighted by Gasteiger charge is -2.24. The van der Waals surface area contributed by atoms with Crippen LogP contribution < -0.4 is 10.1 Å². The van der Waals surface area contributed by atoms with Crippen molar-refractivity contribution in [1.29, 1.82) is 0 Å². The van der Waals surface area contributed by atoms with Crippen molar-refractivity contribution >= 4 is 15.5 Å². The third-order valence-corrected chi connectivity index (χ3v) is 5.53. The van der Waals surface area contributed by atoms with Crippen molar-refractivity contribution in [3.63, 3.8) is 0 Å². The van der Waals surface area contributed by atoms with Gasteiger partial charge >= 0.3 is 0 Å². The quantitative estimate of drug-likeness (QED) is 0.901. The van der Waals surface area contributed by atoms with Crippen LogP contribution in [0.15, 0.2) is 18.2 Å². The van der Waals surface area contributed by atoms with E-state index in [-0.39, 0.29) is 11.9 Å². The monoisotopic (exact) mass is 281 g/mol. The molecule has 19 heavy (non-hydrogen) atoms. The Morgan fingerprint density at radius 1 is 1.26 bits per heavy atom. The predicted molar refractivity (Wildman–Crippen MR) is 75.6 cm³/mol. The number of nitrogens with one attached hydrogen (secondary N) is 1. The van der Waals surface area contributed by atoms with Crippen LogP contribution in [0.2, 0.25) is 0 Å². The van der Waals surface area contributed by atoms with E-state index >= 15 is 0 Å². The Morgan fingerprint density at radius 3 is 3.00 bits per heavy atom. The Morgan fingerprint density at radius 2 is 2.16 bits per heavy atom. The van der Waals surface area contributed by atoms with Gasteiger partial charge in [-0.3, -0.25) is 0 Å². The summed E-state index contributed by atoms with van der Waals surface area (Å²) in [5, 5.41) is 3.36. The number of aryl methyl sites for hydroxylation is 1. The molecule has 1 fully saturated rings. The zero-order chi connectivity index (χ0) is 13.3. The van der Waals surface area contributed by atoms with Gasteiger partial charge in [-0.25, -0.2) is 8.42 Å². The highest BCUT2D eigenvalue weighted by Crippen LogP contribution is 2.28. The number of rotatable bonds is 2. The molecule has 1 aromatic carbocycles. The highest BCUT2D eigenvalue weighted by Gasteiger charge is 2.26. The van der Waals surface area contributed by atoms with E-state index in [1.54, 1.807) is 0 Å². The second kappa shape index (κ2) is 5.04. The maximum absolute atomic E-state index is 11.6. The molecular formula is C14H19NO3S. The van der Waals surface area contributed by atoms with Crippen LogP contribution >= 0.6 is 0 Å². The first-order valence-corrected chi connectivity index (χ1v) is 8.68. The fourth-order valence-corrected chi connectivity index (χ4v) is 4.35. The van der Waals surface area contributed by atoms with Crippen molar-refractivity contribution in [2.24, 2.45) is 0 Å². The molecular weight excluding hydrogens is 262 g/mol. The van der Waals surface area contributed by atoms with Crippen molar-refractivity contribution in [1.82, 2.24) is 0 Å². The molecule has 1 N–H and O–H groups in total. The predicted octanol–water partition coefficient (Wildman–Crippen LogP) is 2.00. The van der Waals surface area contributed by atoms with Gasteiger partial charge < -0.3 is 10.1 Å². The van der Waals surface area contributed by atoms with E-state index in [9.17, 15) is 8.42 Å². The summed E-state index contributed by atoms with van der Waals surface area (Å²) in [5.74, 6) is 1.23. The average molecular weight is 281 g/mol. The molecule has 0 spiro atoms. The van der Waals surface area contributed by atoms with E-state index in [2.05, 4.69) is 11.4 Å². The van der Waals surface area contributed by atoms with Crippen molar-refractivity contribution in [3.8, 4) is 5.75 Å². The van der Waals surface area contributed by atoms with Crippen molar-refractivity contribution < 1.29 is 13.2 Å². The molecule has 2 heterocycles. The van der Waals surface area contributed by atoms with Crippen LogP contribution in [0, 0.1) is 0 Å². The molecule has 1 atom stereocenters. The van der Waals surface area contributed by atoms with Gasteiger partial charge in [-0.05, 0) is 37.3 Å². The Labute approximate surface area is 114 Å². The molecule has 0 amide bonds. The molecule has 104 valence electrons. The van der Waals surface area contributed by atoms with Gasteiger partial charge in [0, 0.05) is 18.3 Å². The van der Waals surface area contributed by atoms with E-state index in [0.717, 1.165) is 37.2 Å². The molecule has 4 nitrogen and oxygen atoms in total. The SMILES string of the molecule is O=S1(=O)CCCC(Oc2ccc3c(c2)NCCC3)C1. The Bertz CT molecular complexity index is 568. The molecule has 1 saturated heterocycles. The molecule has 2 aliphatic rings. The Balaban J connectivity index is 1.73. The number of benzene rings is 1. The van der Waals surface area contributed by atoms with Crippen LogP contribution in [-0.4, -0.2) is 32.6 Å². The van der Waals surface area contributed by atoms with Crippen LogP contribution in [0.4, 0.5) is 5.69 Å². The van der Waals surface area contributed by atoms with Gasteiger partial charge in [0.05, 0.1) is 11.5 Å². The first-order valence-electron chi connectivity index (χ1n) is 6.86. The number of ether oxygens (including phenoxy) is 1. The molecule has 0 aromatic heterocycles. The van der Waals surface area contributed by atoms with E-state index < -0.39 is 9.84 Å². The summed E-state index contributed by atoms with van der Waals surface area (Å²) in [6, 6.07) is 6.02. The van der Waals surface area contributed by atoms with Gasteiger partial charge in [0.2, 0.25) is 0 Å². The van der Waals surface area contributed by atoms with E-state index in [1.165, 1.54) is 5.56 Å². The third kappa shape index (κ3) is 3.03. The summed E-state index contributed by atoms with van der Waals surface area (Å²) in [5.41, 5.74) is 2.44. The Hall–Kier alpha value is -1.23. The van der Waals surface area contributed by atoms with E-state index in [4.69, 9.17) is 4.74 Å². The highest BCUT2D eigenvalue weighted by atomic mass is 32.2. The first-order chi connectivity index (χ1) is 9.12. The summed E-state index contributed by atoms with van der Waals surface area (Å²) in [4.78, 5) is 0. The molecule has 0 bridgehead atoms. The normalized spacial score (nSPS) is 25.2. The van der Waals surface area contributed by atoms with Crippen LogP contribution in [0.1, 0.15) is 24.8 Å². The standard InChI is InChI=1S/C14H19NO3S/c16-19(17)8-2-4-13(10-19)18-12-6-5-11-3-1-7-15-14(11)9-12/h5-6,9,13,15H,1-4,7-8,10H2. The molecule has 0 aliphatic carbocycles. The number of fused-ring (bicyclic) bond motifs is 1. The average Bonchev–Trinajstić information content (AvgIpc) is 2.37. The fraction of sp³-hybridized carbons (Fsp3) is 0.571. The van der Waals surface area contributed by atoms with Crippen molar-refractivity contribution in [2.75, 3.05) is 23.4 Å². The van der Waals surface area contributed by atoms with Crippen LogP contribution in [0.5, 0.6) is 5.75 Å². The molecule has 5 heteroatoms.